The summed E-state index contributed by atoms with van der Waals surface area (Å²) in [6, 6.07) is 3.84. The first kappa shape index (κ1) is 13.5. The molecule has 2 atom stereocenters. The quantitative estimate of drug-likeness (QED) is 0.758. The first-order chi connectivity index (χ1) is 9.25. The Labute approximate surface area is 126 Å². The van der Waals surface area contributed by atoms with E-state index in [1.54, 1.807) is 0 Å². The topological polar surface area (TPSA) is 27.7 Å². The molecule has 0 N–H and O–H groups in total. The Morgan fingerprint density at radius 1 is 1.16 bits per heavy atom. The molecule has 5 heteroatoms. The van der Waals surface area contributed by atoms with Crippen LogP contribution < -0.4 is 9.47 Å². The van der Waals surface area contributed by atoms with Crippen molar-refractivity contribution in [3.8, 4) is 11.5 Å². The maximum atomic E-state index is 6.37. The Hall–Kier alpha value is -0.450. The van der Waals surface area contributed by atoms with Crippen molar-refractivity contribution in [3.05, 3.63) is 22.7 Å². The van der Waals surface area contributed by atoms with E-state index in [0.717, 1.165) is 48.1 Å². The number of hydrogen-bond donors (Lipinski definition) is 0. The number of halogens is 2. The van der Waals surface area contributed by atoms with Gasteiger partial charge in [0.15, 0.2) is 11.5 Å². The van der Waals surface area contributed by atoms with Crippen molar-refractivity contribution in [1.29, 1.82) is 0 Å². The molecule has 0 spiro atoms. The van der Waals surface area contributed by atoms with E-state index < -0.39 is 0 Å². The predicted octanol–water partition coefficient (Wildman–Crippen LogP) is 3.97. The summed E-state index contributed by atoms with van der Waals surface area (Å²) in [5.74, 6) is 1.97. The van der Waals surface area contributed by atoms with Gasteiger partial charge in [0, 0.05) is 22.5 Å². The van der Waals surface area contributed by atoms with Gasteiger partial charge in [-0.15, -0.1) is 0 Å². The highest BCUT2D eigenvalue weighted by Gasteiger charge is 2.27. The van der Waals surface area contributed by atoms with Gasteiger partial charge in [0.1, 0.15) is 13.2 Å². The molecule has 3 rings (SSSR count). The van der Waals surface area contributed by atoms with Crippen molar-refractivity contribution in [2.24, 2.45) is 5.92 Å². The monoisotopic (exact) mass is 346 g/mol. The van der Waals surface area contributed by atoms with Crippen LogP contribution in [0, 0.1) is 5.92 Å². The Bertz CT molecular complexity index is 460. The lowest BCUT2D eigenvalue weighted by atomic mass is 9.93. The van der Waals surface area contributed by atoms with Crippen LogP contribution in [-0.2, 0) is 4.74 Å². The van der Waals surface area contributed by atoms with Gasteiger partial charge in [0.2, 0.25) is 0 Å². The average molecular weight is 348 g/mol. The minimum Gasteiger partial charge on any atom is -0.486 e. The zero-order valence-corrected chi connectivity index (χ0v) is 12.9. The van der Waals surface area contributed by atoms with Crippen LogP contribution in [0.4, 0.5) is 0 Å². The molecule has 104 valence electrons. The fourth-order valence-corrected chi connectivity index (χ4v) is 3.74. The first-order valence-electron chi connectivity index (χ1n) is 6.56. The van der Waals surface area contributed by atoms with E-state index in [1.807, 2.05) is 12.1 Å². The summed E-state index contributed by atoms with van der Waals surface area (Å²) in [5.41, 5.74) is 1.06. The van der Waals surface area contributed by atoms with E-state index in [9.17, 15) is 0 Å². The molecule has 0 saturated carbocycles. The molecule has 0 aliphatic carbocycles. The van der Waals surface area contributed by atoms with E-state index in [2.05, 4.69) is 15.9 Å². The molecular weight excluding hydrogens is 332 g/mol. The number of ether oxygens (including phenoxy) is 3. The summed E-state index contributed by atoms with van der Waals surface area (Å²) in [4.78, 5) is 0.191. The summed E-state index contributed by atoms with van der Waals surface area (Å²) in [6.45, 7) is 2.82. The zero-order valence-electron chi connectivity index (χ0n) is 10.5. The second kappa shape index (κ2) is 5.90. The van der Waals surface area contributed by atoms with Gasteiger partial charge in [0.25, 0.3) is 0 Å². The van der Waals surface area contributed by atoms with Crippen molar-refractivity contribution >= 4 is 27.5 Å². The molecule has 19 heavy (non-hydrogen) atoms. The second-order valence-electron chi connectivity index (χ2n) is 4.90. The highest BCUT2D eigenvalue weighted by molar-refractivity contribution is 9.09. The van der Waals surface area contributed by atoms with Crippen LogP contribution >= 0.6 is 27.5 Å². The normalized spacial score (nSPS) is 24.0. The third-order valence-corrected chi connectivity index (χ3v) is 5.14. The van der Waals surface area contributed by atoms with Crippen LogP contribution in [0.5, 0.6) is 11.5 Å². The van der Waals surface area contributed by atoms with Gasteiger partial charge in [-0.25, -0.2) is 0 Å². The lowest BCUT2D eigenvalue weighted by molar-refractivity contribution is 0.0545. The van der Waals surface area contributed by atoms with Crippen LogP contribution in [0.15, 0.2) is 12.1 Å². The Balaban J connectivity index is 1.86. The van der Waals surface area contributed by atoms with Crippen molar-refractivity contribution < 1.29 is 14.2 Å². The highest BCUT2D eigenvalue weighted by Crippen LogP contribution is 2.44. The molecule has 0 amide bonds. The number of fused-ring (bicyclic) bond motifs is 1. The lowest BCUT2D eigenvalue weighted by Gasteiger charge is -2.28. The van der Waals surface area contributed by atoms with Crippen molar-refractivity contribution in [1.82, 2.24) is 0 Å². The van der Waals surface area contributed by atoms with Gasteiger partial charge < -0.3 is 14.2 Å². The Morgan fingerprint density at radius 2 is 1.89 bits per heavy atom. The third kappa shape index (κ3) is 2.86. The van der Waals surface area contributed by atoms with Crippen LogP contribution in [0.2, 0.25) is 5.02 Å². The van der Waals surface area contributed by atoms with E-state index in [0.29, 0.717) is 19.1 Å². The number of benzene rings is 1. The van der Waals surface area contributed by atoms with E-state index in [-0.39, 0.29) is 4.83 Å². The van der Waals surface area contributed by atoms with Crippen LogP contribution in [0.1, 0.15) is 23.2 Å². The molecule has 1 aromatic rings. The van der Waals surface area contributed by atoms with E-state index >= 15 is 0 Å². The Morgan fingerprint density at radius 3 is 2.58 bits per heavy atom. The van der Waals surface area contributed by atoms with Crippen molar-refractivity contribution in [2.75, 3.05) is 26.4 Å². The summed E-state index contributed by atoms with van der Waals surface area (Å²) >= 11 is 10.1. The summed E-state index contributed by atoms with van der Waals surface area (Å²) in [6.07, 6.45) is 2.26. The van der Waals surface area contributed by atoms with Gasteiger partial charge in [-0.2, -0.15) is 0 Å². The molecule has 0 radical (unpaired) electrons. The molecule has 0 aromatic heterocycles. The van der Waals surface area contributed by atoms with Gasteiger partial charge in [-0.1, -0.05) is 27.5 Å². The minimum atomic E-state index is 0.191. The standard InChI is InChI=1S/C14H16BrClO3/c15-14(9-2-1-3-17-8-9)10-6-12-13(7-11(10)16)19-5-4-18-12/h6-7,9,14H,1-5,8H2. The molecule has 1 saturated heterocycles. The van der Waals surface area contributed by atoms with Crippen LogP contribution in [-0.4, -0.2) is 26.4 Å². The zero-order chi connectivity index (χ0) is 13.2. The molecule has 2 aliphatic rings. The summed E-state index contributed by atoms with van der Waals surface area (Å²) in [5, 5.41) is 0.719. The molecule has 2 aliphatic heterocycles. The predicted molar refractivity (Wildman–Crippen MR) is 77.7 cm³/mol. The fraction of sp³-hybridized carbons (Fsp3) is 0.571. The molecule has 1 aromatic carbocycles. The molecule has 1 fully saturated rings. The Kier molecular flexibility index (Phi) is 4.20. The maximum absolute atomic E-state index is 6.37. The SMILES string of the molecule is Clc1cc2c(cc1C(Br)C1CCCOC1)OCCO2. The summed E-state index contributed by atoms with van der Waals surface area (Å²) < 4.78 is 16.7. The number of alkyl halides is 1. The van der Waals surface area contributed by atoms with Gasteiger partial charge in [-0.3, -0.25) is 0 Å². The van der Waals surface area contributed by atoms with Crippen LogP contribution in [0.25, 0.3) is 0 Å². The minimum absolute atomic E-state index is 0.191. The van der Waals surface area contributed by atoms with Gasteiger partial charge in [0.05, 0.1) is 6.61 Å². The number of rotatable bonds is 2. The lowest BCUT2D eigenvalue weighted by Crippen LogP contribution is -2.21. The van der Waals surface area contributed by atoms with E-state index in [1.165, 1.54) is 0 Å². The van der Waals surface area contributed by atoms with Crippen molar-refractivity contribution in [2.45, 2.75) is 17.7 Å². The molecule has 2 heterocycles. The fourth-order valence-electron chi connectivity index (χ4n) is 2.54. The van der Waals surface area contributed by atoms with Gasteiger partial charge >= 0.3 is 0 Å². The van der Waals surface area contributed by atoms with E-state index in [4.69, 9.17) is 25.8 Å². The smallest absolute Gasteiger partial charge is 0.162 e. The summed E-state index contributed by atoms with van der Waals surface area (Å²) in [7, 11) is 0. The molecule has 0 bridgehead atoms. The number of hydrogen-bond acceptors (Lipinski definition) is 3. The van der Waals surface area contributed by atoms with Gasteiger partial charge in [-0.05, 0) is 30.4 Å². The van der Waals surface area contributed by atoms with Crippen LogP contribution in [0.3, 0.4) is 0 Å². The van der Waals surface area contributed by atoms with Crippen molar-refractivity contribution in [3.63, 3.8) is 0 Å². The molecule has 3 nitrogen and oxygen atoms in total. The molecule has 2 unspecified atom stereocenters. The second-order valence-corrected chi connectivity index (χ2v) is 6.29. The maximum Gasteiger partial charge on any atom is 0.162 e. The largest absolute Gasteiger partial charge is 0.486 e. The highest BCUT2D eigenvalue weighted by atomic mass is 79.9. The average Bonchev–Trinajstić information content (AvgIpc) is 2.47. The third-order valence-electron chi connectivity index (χ3n) is 3.57. The molecular formula is C14H16BrClO3. The first-order valence-corrected chi connectivity index (χ1v) is 7.86.